The molecule has 1 atom stereocenters. The van der Waals surface area contributed by atoms with Gasteiger partial charge in [0, 0.05) is 12.7 Å². The number of anilines is 1. The van der Waals surface area contributed by atoms with Crippen LogP contribution in [0.5, 0.6) is 11.5 Å². The summed E-state index contributed by atoms with van der Waals surface area (Å²) in [6, 6.07) is 13.7. The number of hydrogen-bond acceptors (Lipinski definition) is 6. The Bertz CT molecular complexity index is 775. The summed E-state index contributed by atoms with van der Waals surface area (Å²) in [7, 11) is 1.53. The Morgan fingerprint density at radius 2 is 1.75 bits per heavy atom. The second-order valence-corrected chi connectivity index (χ2v) is 5.83. The number of benzene rings is 2. The summed E-state index contributed by atoms with van der Waals surface area (Å²) in [6.07, 6.45) is -0.769. The van der Waals surface area contributed by atoms with Gasteiger partial charge in [-0.05, 0) is 50.2 Å². The maximum absolute atomic E-state index is 12.5. The van der Waals surface area contributed by atoms with Crippen molar-refractivity contribution in [3.05, 3.63) is 54.1 Å². The third-order valence-electron chi connectivity index (χ3n) is 3.73. The van der Waals surface area contributed by atoms with E-state index in [0.717, 1.165) is 0 Å². The third-order valence-corrected chi connectivity index (χ3v) is 3.73. The molecule has 1 amide bonds. The first kappa shape index (κ1) is 21.2. The molecule has 28 heavy (non-hydrogen) atoms. The summed E-state index contributed by atoms with van der Waals surface area (Å²) in [6.45, 7) is 4.48. The Kier molecular flexibility index (Phi) is 8.30. The number of esters is 1. The maximum atomic E-state index is 12.5. The molecule has 2 aromatic carbocycles. The van der Waals surface area contributed by atoms with Gasteiger partial charge in [-0.2, -0.15) is 0 Å². The van der Waals surface area contributed by atoms with Crippen molar-refractivity contribution in [1.82, 2.24) is 0 Å². The predicted molar refractivity (Wildman–Crippen MR) is 105 cm³/mol. The second kappa shape index (κ2) is 10.9. The maximum Gasteiger partial charge on any atom is 0.347 e. The minimum absolute atomic E-state index is 0.172. The van der Waals surface area contributed by atoms with Gasteiger partial charge in [-0.25, -0.2) is 4.79 Å². The molecule has 1 unspecified atom stereocenters. The van der Waals surface area contributed by atoms with E-state index >= 15 is 0 Å². The number of amides is 1. The van der Waals surface area contributed by atoms with Gasteiger partial charge < -0.3 is 24.3 Å². The van der Waals surface area contributed by atoms with Crippen LogP contribution in [-0.4, -0.2) is 44.9 Å². The van der Waals surface area contributed by atoms with E-state index in [2.05, 4.69) is 5.32 Å². The summed E-state index contributed by atoms with van der Waals surface area (Å²) in [5.74, 6) is 0.318. The van der Waals surface area contributed by atoms with Crippen LogP contribution in [0, 0.1) is 0 Å². The zero-order valence-electron chi connectivity index (χ0n) is 16.3. The number of carbonyl (C=O) groups is 2. The van der Waals surface area contributed by atoms with Crippen LogP contribution in [-0.2, 0) is 14.3 Å². The largest absolute Gasteiger partial charge is 0.492 e. The monoisotopic (exact) mass is 387 g/mol. The van der Waals surface area contributed by atoms with Gasteiger partial charge in [-0.1, -0.05) is 12.1 Å². The first-order valence-corrected chi connectivity index (χ1v) is 9.00. The van der Waals surface area contributed by atoms with E-state index in [0.29, 0.717) is 36.0 Å². The molecule has 0 fully saturated rings. The molecule has 0 aliphatic carbocycles. The average molecular weight is 387 g/mol. The Hall–Kier alpha value is -3.06. The zero-order valence-corrected chi connectivity index (χ0v) is 16.3. The SMILES string of the molecule is CCOc1ccccc1NC(=O)c1ccc(OC(C)C(=O)OCCOC)cc1. The van der Waals surface area contributed by atoms with Crippen LogP contribution in [0.15, 0.2) is 48.5 Å². The lowest BCUT2D eigenvalue weighted by Crippen LogP contribution is -2.27. The van der Waals surface area contributed by atoms with E-state index in [1.807, 2.05) is 19.1 Å². The molecule has 2 aromatic rings. The standard InChI is InChI=1S/C21H25NO6/c1-4-26-19-8-6-5-7-18(19)22-20(23)16-9-11-17(12-10-16)28-15(2)21(24)27-14-13-25-3/h5-12,15H,4,13-14H2,1-3H3,(H,22,23). The highest BCUT2D eigenvalue weighted by Gasteiger charge is 2.16. The summed E-state index contributed by atoms with van der Waals surface area (Å²) in [4.78, 5) is 24.3. The molecular formula is C21H25NO6. The molecule has 0 heterocycles. The van der Waals surface area contributed by atoms with Gasteiger partial charge in [0.05, 0.1) is 18.9 Å². The van der Waals surface area contributed by atoms with Crippen molar-refractivity contribution in [2.75, 3.05) is 32.2 Å². The van der Waals surface area contributed by atoms with E-state index in [9.17, 15) is 9.59 Å². The Morgan fingerprint density at radius 1 is 1.04 bits per heavy atom. The normalized spacial score (nSPS) is 11.4. The lowest BCUT2D eigenvalue weighted by atomic mass is 10.2. The van der Waals surface area contributed by atoms with Crippen LogP contribution in [0.25, 0.3) is 0 Å². The van der Waals surface area contributed by atoms with Crippen molar-refractivity contribution >= 4 is 17.6 Å². The van der Waals surface area contributed by atoms with Crippen LogP contribution in [0.1, 0.15) is 24.2 Å². The molecule has 7 heteroatoms. The number of carbonyl (C=O) groups excluding carboxylic acids is 2. The molecule has 0 radical (unpaired) electrons. The van der Waals surface area contributed by atoms with Gasteiger partial charge in [-0.15, -0.1) is 0 Å². The van der Waals surface area contributed by atoms with E-state index in [1.165, 1.54) is 7.11 Å². The highest BCUT2D eigenvalue weighted by Crippen LogP contribution is 2.24. The summed E-state index contributed by atoms with van der Waals surface area (Å²) in [5.41, 5.74) is 1.05. The fraction of sp³-hybridized carbons (Fsp3) is 0.333. The van der Waals surface area contributed by atoms with Gasteiger partial charge >= 0.3 is 5.97 Å². The van der Waals surface area contributed by atoms with Crippen molar-refractivity contribution in [1.29, 1.82) is 0 Å². The lowest BCUT2D eigenvalue weighted by Gasteiger charge is -2.14. The minimum atomic E-state index is -0.769. The predicted octanol–water partition coefficient (Wildman–Crippen LogP) is 3.29. The molecule has 0 aliphatic rings. The first-order valence-electron chi connectivity index (χ1n) is 9.00. The average Bonchev–Trinajstić information content (AvgIpc) is 2.70. The summed E-state index contributed by atoms with van der Waals surface area (Å²) in [5, 5.41) is 2.83. The van der Waals surface area contributed by atoms with Crippen molar-refractivity contribution < 1.29 is 28.5 Å². The third kappa shape index (κ3) is 6.28. The topological polar surface area (TPSA) is 83.1 Å². The lowest BCUT2D eigenvalue weighted by molar-refractivity contribution is -0.152. The van der Waals surface area contributed by atoms with Gasteiger partial charge in [0.2, 0.25) is 0 Å². The van der Waals surface area contributed by atoms with Crippen LogP contribution in [0.4, 0.5) is 5.69 Å². The molecule has 150 valence electrons. The molecule has 7 nitrogen and oxygen atoms in total. The Labute approximate surface area is 164 Å². The molecule has 0 aromatic heterocycles. The smallest absolute Gasteiger partial charge is 0.347 e. The van der Waals surface area contributed by atoms with Crippen molar-refractivity contribution in [3.8, 4) is 11.5 Å². The van der Waals surface area contributed by atoms with E-state index in [-0.39, 0.29) is 12.5 Å². The van der Waals surface area contributed by atoms with Crippen LogP contribution < -0.4 is 14.8 Å². The molecular weight excluding hydrogens is 362 g/mol. The second-order valence-electron chi connectivity index (χ2n) is 5.83. The van der Waals surface area contributed by atoms with Crippen LogP contribution >= 0.6 is 0 Å². The van der Waals surface area contributed by atoms with Crippen LogP contribution in [0.2, 0.25) is 0 Å². The number of methoxy groups -OCH3 is 1. The number of para-hydroxylation sites is 2. The highest BCUT2D eigenvalue weighted by molar-refractivity contribution is 6.05. The van der Waals surface area contributed by atoms with Gasteiger partial charge in [0.15, 0.2) is 6.10 Å². The fourth-order valence-electron chi connectivity index (χ4n) is 2.33. The molecule has 0 bridgehead atoms. The number of nitrogens with one attached hydrogen (secondary N) is 1. The van der Waals surface area contributed by atoms with Crippen molar-refractivity contribution in [2.45, 2.75) is 20.0 Å². The molecule has 0 saturated carbocycles. The molecule has 1 N–H and O–H groups in total. The number of hydrogen-bond donors (Lipinski definition) is 1. The summed E-state index contributed by atoms with van der Waals surface area (Å²) < 4.78 is 20.9. The zero-order chi connectivity index (χ0) is 20.4. The molecule has 0 aliphatic heterocycles. The Balaban J connectivity index is 1.95. The first-order chi connectivity index (χ1) is 13.5. The number of ether oxygens (including phenoxy) is 4. The molecule has 0 spiro atoms. The fourth-order valence-corrected chi connectivity index (χ4v) is 2.33. The van der Waals surface area contributed by atoms with Crippen molar-refractivity contribution in [3.63, 3.8) is 0 Å². The highest BCUT2D eigenvalue weighted by atomic mass is 16.6. The quantitative estimate of drug-likeness (QED) is 0.498. The van der Waals surface area contributed by atoms with E-state index < -0.39 is 12.1 Å². The number of rotatable bonds is 10. The minimum Gasteiger partial charge on any atom is -0.492 e. The van der Waals surface area contributed by atoms with Gasteiger partial charge in [0.1, 0.15) is 18.1 Å². The van der Waals surface area contributed by atoms with Gasteiger partial charge in [0.25, 0.3) is 5.91 Å². The molecule has 2 rings (SSSR count). The van der Waals surface area contributed by atoms with E-state index in [1.54, 1.807) is 43.3 Å². The van der Waals surface area contributed by atoms with Crippen LogP contribution in [0.3, 0.4) is 0 Å². The van der Waals surface area contributed by atoms with E-state index in [4.69, 9.17) is 18.9 Å². The van der Waals surface area contributed by atoms with Crippen molar-refractivity contribution in [2.24, 2.45) is 0 Å². The molecule has 0 saturated heterocycles. The van der Waals surface area contributed by atoms with Gasteiger partial charge in [-0.3, -0.25) is 4.79 Å². The Morgan fingerprint density at radius 3 is 2.43 bits per heavy atom. The summed E-state index contributed by atoms with van der Waals surface area (Å²) >= 11 is 0.